The van der Waals surface area contributed by atoms with Crippen molar-refractivity contribution < 1.29 is 9.13 Å². The van der Waals surface area contributed by atoms with E-state index in [1.54, 1.807) is 0 Å². The number of piperidine rings is 1. The van der Waals surface area contributed by atoms with Crippen LogP contribution in [0, 0.1) is 5.82 Å². The quantitative estimate of drug-likeness (QED) is 0.269. The zero-order chi connectivity index (χ0) is 26.2. The van der Waals surface area contributed by atoms with E-state index in [-0.39, 0.29) is 5.82 Å². The van der Waals surface area contributed by atoms with E-state index >= 15 is 0 Å². The van der Waals surface area contributed by atoms with Gasteiger partial charge in [0.1, 0.15) is 23.7 Å². The Morgan fingerprint density at radius 1 is 0.949 bits per heavy atom. The molecule has 2 aromatic carbocycles. The van der Waals surface area contributed by atoms with Crippen LogP contribution >= 0.6 is 0 Å². The molecule has 0 bridgehead atoms. The SMILES string of the molecule is Fc1cc(OCCN2CCCC2)cc(-c2cccc3[nH]c(-c4n[nH]c5ccc(C6CCNCC6)nc45)nc23)c1. The lowest BCUT2D eigenvalue weighted by molar-refractivity contribution is 0.237. The van der Waals surface area contributed by atoms with Crippen LogP contribution in [0.15, 0.2) is 48.5 Å². The first kappa shape index (κ1) is 24.2. The van der Waals surface area contributed by atoms with Gasteiger partial charge in [-0.2, -0.15) is 5.10 Å². The molecule has 7 rings (SSSR count). The number of ether oxygens (including phenoxy) is 1. The summed E-state index contributed by atoms with van der Waals surface area (Å²) in [4.78, 5) is 15.8. The first-order valence-corrected chi connectivity index (χ1v) is 13.9. The third-order valence-corrected chi connectivity index (χ3v) is 7.98. The number of hydrogen-bond donors (Lipinski definition) is 3. The number of aromatic nitrogens is 5. The van der Waals surface area contributed by atoms with Gasteiger partial charge in [0.25, 0.3) is 0 Å². The van der Waals surface area contributed by atoms with Crippen molar-refractivity contribution >= 4 is 22.1 Å². The summed E-state index contributed by atoms with van der Waals surface area (Å²) in [5.41, 5.74) is 6.65. The van der Waals surface area contributed by atoms with Crippen LogP contribution in [0.2, 0.25) is 0 Å². The zero-order valence-electron chi connectivity index (χ0n) is 21.8. The van der Waals surface area contributed by atoms with E-state index in [9.17, 15) is 4.39 Å². The second-order valence-electron chi connectivity index (χ2n) is 10.6. The van der Waals surface area contributed by atoms with Gasteiger partial charge in [-0.15, -0.1) is 0 Å². The molecule has 39 heavy (non-hydrogen) atoms. The molecule has 0 unspecified atom stereocenters. The van der Waals surface area contributed by atoms with Crippen LogP contribution in [0.1, 0.15) is 37.3 Å². The van der Waals surface area contributed by atoms with Crippen LogP contribution in [0.5, 0.6) is 5.75 Å². The lowest BCUT2D eigenvalue weighted by Gasteiger charge is -2.22. The molecule has 0 radical (unpaired) electrons. The lowest BCUT2D eigenvalue weighted by atomic mass is 9.94. The van der Waals surface area contributed by atoms with E-state index in [2.05, 4.69) is 37.5 Å². The van der Waals surface area contributed by atoms with Gasteiger partial charge in [-0.05, 0) is 87.8 Å². The van der Waals surface area contributed by atoms with Crippen LogP contribution in [0.4, 0.5) is 4.39 Å². The maximum Gasteiger partial charge on any atom is 0.161 e. The number of H-pyrrole nitrogens is 2. The van der Waals surface area contributed by atoms with Crippen molar-refractivity contribution in [1.29, 1.82) is 0 Å². The Bertz CT molecular complexity index is 1610. The number of nitrogens with zero attached hydrogens (tertiary/aromatic N) is 4. The Hall–Kier alpha value is -3.82. The van der Waals surface area contributed by atoms with Crippen molar-refractivity contribution in [3.63, 3.8) is 0 Å². The van der Waals surface area contributed by atoms with Gasteiger partial charge in [0.2, 0.25) is 0 Å². The predicted molar refractivity (Wildman–Crippen MR) is 150 cm³/mol. The predicted octanol–water partition coefficient (Wildman–Crippen LogP) is 5.25. The van der Waals surface area contributed by atoms with E-state index in [0.717, 1.165) is 84.5 Å². The van der Waals surface area contributed by atoms with Crippen molar-refractivity contribution in [2.75, 3.05) is 39.3 Å². The Kier molecular flexibility index (Phi) is 6.46. The van der Waals surface area contributed by atoms with Gasteiger partial charge in [-0.25, -0.2) is 14.4 Å². The minimum absolute atomic E-state index is 0.329. The van der Waals surface area contributed by atoms with Crippen LogP contribution in [-0.2, 0) is 0 Å². The highest BCUT2D eigenvalue weighted by Crippen LogP contribution is 2.34. The fraction of sp³-hybridized carbons (Fsp3) is 0.367. The monoisotopic (exact) mass is 525 g/mol. The van der Waals surface area contributed by atoms with Crippen LogP contribution in [-0.4, -0.2) is 69.4 Å². The summed E-state index contributed by atoms with van der Waals surface area (Å²) in [7, 11) is 0. The molecule has 2 saturated heterocycles. The average Bonchev–Trinajstić information content (AvgIpc) is 3.72. The maximum absolute atomic E-state index is 14.7. The van der Waals surface area contributed by atoms with E-state index in [1.165, 1.54) is 25.0 Å². The molecule has 0 spiro atoms. The molecule has 0 aliphatic carbocycles. The molecule has 5 heterocycles. The Morgan fingerprint density at radius 2 is 1.82 bits per heavy atom. The molecule has 8 nitrogen and oxygen atoms in total. The summed E-state index contributed by atoms with van der Waals surface area (Å²) >= 11 is 0. The molecule has 9 heteroatoms. The number of nitrogens with one attached hydrogen (secondary N) is 3. The van der Waals surface area contributed by atoms with Gasteiger partial charge in [-0.1, -0.05) is 12.1 Å². The normalized spacial score (nSPS) is 16.9. The highest BCUT2D eigenvalue weighted by Gasteiger charge is 2.21. The summed E-state index contributed by atoms with van der Waals surface area (Å²) in [6, 6.07) is 14.9. The second kappa shape index (κ2) is 10.4. The van der Waals surface area contributed by atoms with Gasteiger partial charge in [-0.3, -0.25) is 10.00 Å². The fourth-order valence-corrected chi connectivity index (χ4v) is 5.90. The summed E-state index contributed by atoms with van der Waals surface area (Å²) in [6.45, 7) is 5.65. The molecule has 0 amide bonds. The minimum atomic E-state index is -0.329. The van der Waals surface area contributed by atoms with Gasteiger partial charge in [0.15, 0.2) is 11.5 Å². The number of halogens is 1. The minimum Gasteiger partial charge on any atom is -0.492 e. The lowest BCUT2D eigenvalue weighted by Crippen LogP contribution is -2.27. The topological polar surface area (TPSA) is 94.8 Å². The standard InChI is InChI=1S/C30H32FN7O/c31-21-16-20(17-22(18-21)39-15-14-38-12-1-2-13-38)23-4-3-5-25-27(23)35-30(34-25)29-28-26(36-37-29)7-6-24(33-28)19-8-10-32-11-9-19/h3-7,16-19,32H,1-2,8-15H2,(H,34,35)(H,36,37). The van der Waals surface area contributed by atoms with Gasteiger partial charge < -0.3 is 15.0 Å². The van der Waals surface area contributed by atoms with E-state index in [1.807, 2.05) is 24.3 Å². The number of benzene rings is 2. The highest BCUT2D eigenvalue weighted by atomic mass is 19.1. The number of fused-ring (bicyclic) bond motifs is 2. The van der Waals surface area contributed by atoms with Gasteiger partial charge >= 0.3 is 0 Å². The molecule has 5 aromatic rings. The van der Waals surface area contributed by atoms with E-state index in [4.69, 9.17) is 14.7 Å². The number of imidazole rings is 1. The molecule has 2 aliphatic heterocycles. The molecule has 3 aromatic heterocycles. The number of aromatic amines is 2. The smallest absolute Gasteiger partial charge is 0.161 e. The molecule has 200 valence electrons. The van der Waals surface area contributed by atoms with Crippen molar-refractivity contribution in [2.45, 2.75) is 31.6 Å². The summed E-state index contributed by atoms with van der Waals surface area (Å²) < 4.78 is 20.7. The largest absolute Gasteiger partial charge is 0.492 e. The Morgan fingerprint density at radius 3 is 2.69 bits per heavy atom. The molecule has 0 saturated carbocycles. The highest BCUT2D eigenvalue weighted by molar-refractivity contribution is 5.96. The number of hydrogen-bond acceptors (Lipinski definition) is 6. The third-order valence-electron chi connectivity index (χ3n) is 7.98. The number of pyridine rings is 1. The van der Waals surface area contributed by atoms with E-state index < -0.39 is 0 Å². The molecular formula is C30H32FN7O. The molecule has 2 fully saturated rings. The van der Waals surface area contributed by atoms with Crippen LogP contribution < -0.4 is 10.1 Å². The van der Waals surface area contributed by atoms with Crippen LogP contribution in [0.25, 0.3) is 44.7 Å². The zero-order valence-corrected chi connectivity index (χ0v) is 21.8. The number of likely N-dealkylation sites (tertiary alicyclic amines) is 1. The Labute approximate surface area is 226 Å². The van der Waals surface area contributed by atoms with Crippen molar-refractivity contribution in [2.24, 2.45) is 0 Å². The van der Waals surface area contributed by atoms with Crippen molar-refractivity contribution in [3.8, 4) is 28.4 Å². The summed E-state index contributed by atoms with van der Waals surface area (Å²) in [5, 5.41) is 11.1. The Balaban J connectivity index is 1.20. The average molecular weight is 526 g/mol. The van der Waals surface area contributed by atoms with Crippen LogP contribution in [0.3, 0.4) is 0 Å². The fourth-order valence-electron chi connectivity index (χ4n) is 5.90. The molecular weight excluding hydrogens is 493 g/mol. The maximum atomic E-state index is 14.7. The molecule has 3 N–H and O–H groups in total. The van der Waals surface area contributed by atoms with E-state index in [0.29, 0.717) is 29.8 Å². The molecule has 2 aliphatic rings. The van der Waals surface area contributed by atoms with Crippen molar-refractivity contribution in [3.05, 3.63) is 60.0 Å². The number of rotatable bonds is 7. The first-order valence-electron chi connectivity index (χ1n) is 13.9. The first-order chi connectivity index (χ1) is 19.2. The van der Waals surface area contributed by atoms with Gasteiger partial charge in [0.05, 0.1) is 16.6 Å². The summed E-state index contributed by atoms with van der Waals surface area (Å²) in [6.07, 6.45) is 4.64. The van der Waals surface area contributed by atoms with Gasteiger partial charge in [0, 0.05) is 29.8 Å². The third kappa shape index (κ3) is 4.88. The second-order valence-corrected chi connectivity index (χ2v) is 10.6. The van der Waals surface area contributed by atoms with Crippen molar-refractivity contribution in [1.82, 2.24) is 35.4 Å². The number of para-hydroxylation sites is 1. The molecule has 0 atom stereocenters. The summed E-state index contributed by atoms with van der Waals surface area (Å²) in [5.74, 6) is 1.28.